The Morgan fingerprint density at radius 1 is 1.47 bits per heavy atom. The van der Waals surface area contributed by atoms with Crippen molar-refractivity contribution >= 4 is 5.97 Å². The maximum absolute atomic E-state index is 11.1. The van der Waals surface area contributed by atoms with Gasteiger partial charge in [-0.3, -0.25) is 4.79 Å². The van der Waals surface area contributed by atoms with Crippen LogP contribution in [0, 0.1) is 0 Å². The third-order valence-corrected chi connectivity index (χ3v) is 3.23. The van der Waals surface area contributed by atoms with Crippen LogP contribution in [0.5, 0.6) is 0 Å². The van der Waals surface area contributed by atoms with Crippen molar-refractivity contribution in [2.24, 2.45) is 0 Å². The summed E-state index contributed by atoms with van der Waals surface area (Å²) in [5.41, 5.74) is -0.819. The molecule has 0 saturated heterocycles. The summed E-state index contributed by atoms with van der Waals surface area (Å²) in [6, 6.07) is 0. The van der Waals surface area contributed by atoms with Crippen LogP contribution in [0.4, 0.5) is 0 Å². The number of aliphatic carboxylic acids is 1. The molecule has 5 nitrogen and oxygen atoms in total. The van der Waals surface area contributed by atoms with E-state index >= 15 is 0 Å². The molecule has 0 rings (SSSR count). The molecule has 0 heterocycles. The van der Waals surface area contributed by atoms with Crippen molar-refractivity contribution in [3.63, 3.8) is 0 Å². The van der Waals surface area contributed by atoms with Gasteiger partial charge in [0.1, 0.15) is 5.54 Å². The second-order valence-corrected chi connectivity index (χ2v) is 4.42. The van der Waals surface area contributed by atoms with E-state index in [9.17, 15) is 4.79 Å². The number of nitrogens with one attached hydrogen (secondary N) is 1. The van der Waals surface area contributed by atoms with Crippen LogP contribution in [-0.2, 0) is 9.53 Å². The van der Waals surface area contributed by atoms with Crippen LogP contribution in [-0.4, -0.2) is 61.9 Å². The van der Waals surface area contributed by atoms with Crippen LogP contribution >= 0.6 is 0 Å². The van der Waals surface area contributed by atoms with Crippen LogP contribution < -0.4 is 5.32 Å². The van der Waals surface area contributed by atoms with Gasteiger partial charge in [-0.15, -0.1) is 0 Å². The average molecular weight is 246 g/mol. The molecule has 17 heavy (non-hydrogen) atoms. The van der Waals surface area contributed by atoms with Gasteiger partial charge in [0.15, 0.2) is 0 Å². The van der Waals surface area contributed by atoms with Gasteiger partial charge < -0.3 is 20.1 Å². The predicted molar refractivity (Wildman–Crippen MR) is 68.3 cm³/mol. The lowest BCUT2D eigenvalue weighted by Gasteiger charge is -2.26. The Morgan fingerprint density at radius 2 is 2.12 bits per heavy atom. The number of hydrogen-bond donors (Lipinski definition) is 2. The van der Waals surface area contributed by atoms with Crippen molar-refractivity contribution in [1.29, 1.82) is 0 Å². The fourth-order valence-corrected chi connectivity index (χ4v) is 1.64. The zero-order valence-corrected chi connectivity index (χ0v) is 11.5. The fraction of sp³-hybridized carbons (Fsp3) is 0.917. The van der Waals surface area contributed by atoms with Crippen LogP contribution in [0.1, 0.15) is 26.7 Å². The van der Waals surface area contributed by atoms with E-state index in [1.807, 2.05) is 0 Å². The second kappa shape index (κ2) is 8.44. The molecule has 0 amide bonds. The quantitative estimate of drug-likeness (QED) is 0.597. The first-order valence-electron chi connectivity index (χ1n) is 6.13. The number of hydrogen-bond acceptors (Lipinski definition) is 4. The van der Waals surface area contributed by atoms with E-state index in [4.69, 9.17) is 9.84 Å². The normalized spacial score (nSPS) is 14.9. The van der Waals surface area contributed by atoms with Gasteiger partial charge in [-0.2, -0.15) is 0 Å². The topological polar surface area (TPSA) is 61.8 Å². The van der Waals surface area contributed by atoms with E-state index in [0.717, 1.165) is 32.7 Å². The molecule has 0 bridgehead atoms. The Kier molecular flexibility index (Phi) is 8.12. The summed E-state index contributed by atoms with van der Waals surface area (Å²) in [6.07, 6.45) is 1.49. The summed E-state index contributed by atoms with van der Waals surface area (Å²) in [7, 11) is 3.38. The summed E-state index contributed by atoms with van der Waals surface area (Å²) in [5, 5.41) is 12.0. The van der Waals surface area contributed by atoms with Gasteiger partial charge in [-0.05, 0) is 39.9 Å². The molecule has 0 aliphatic heterocycles. The van der Waals surface area contributed by atoms with Gasteiger partial charge in [0, 0.05) is 13.7 Å². The van der Waals surface area contributed by atoms with Gasteiger partial charge >= 0.3 is 5.97 Å². The van der Waals surface area contributed by atoms with E-state index < -0.39 is 11.5 Å². The number of carboxylic acids is 1. The fourth-order valence-electron chi connectivity index (χ4n) is 1.64. The molecular formula is C12H26N2O3. The van der Waals surface area contributed by atoms with Crippen LogP contribution in [0.2, 0.25) is 0 Å². The van der Waals surface area contributed by atoms with Gasteiger partial charge in [-0.25, -0.2) is 0 Å². The number of carbonyl (C=O) groups is 1. The van der Waals surface area contributed by atoms with Gasteiger partial charge in [0.05, 0.1) is 6.61 Å². The van der Waals surface area contributed by atoms with Crippen molar-refractivity contribution in [2.45, 2.75) is 32.2 Å². The SMILES string of the molecule is CCN(CCCC(C)(NC)C(=O)O)CCOC. The molecule has 1 unspecified atom stereocenters. The highest BCUT2D eigenvalue weighted by atomic mass is 16.5. The Bertz CT molecular complexity index is 224. The van der Waals surface area contributed by atoms with Gasteiger partial charge in [-0.1, -0.05) is 6.92 Å². The largest absolute Gasteiger partial charge is 0.480 e. The third-order valence-electron chi connectivity index (χ3n) is 3.23. The summed E-state index contributed by atoms with van der Waals surface area (Å²) in [5.74, 6) is -0.792. The van der Waals surface area contributed by atoms with Crippen molar-refractivity contribution in [3.05, 3.63) is 0 Å². The highest BCUT2D eigenvalue weighted by Crippen LogP contribution is 2.12. The standard InChI is InChI=1S/C12H26N2O3/c1-5-14(9-10-17-4)8-6-7-12(2,13-3)11(15)16/h13H,5-10H2,1-4H3,(H,15,16). The van der Waals surface area contributed by atoms with E-state index in [-0.39, 0.29) is 0 Å². The summed E-state index contributed by atoms with van der Waals surface area (Å²) >= 11 is 0. The minimum absolute atomic E-state index is 0.627. The monoisotopic (exact) mass is 246 g/mol. The number of methoxy groups -OCH3 is 1. The first-order valence-corrected chi connectivity index (χ1v) is 6.13. The predicted octanol–water partition coefficient (Wildman–Crippen LogP) is 0.798. The maximum atomic E-state index is 11.1. The third kappa shape index (κ3) is 6.00. The Hall–Kier alpha value is -0.650. The summed E-state index contributed by atoms with van der Waals surface area (Å²) in [4.78, 5) is 13.3. The summed E-state index contributed by atoms with van der Waals surface area (Å²) in [6.45, 7) is 7.31. The first kappa shape index (κ1) is 16.4. The van der Waals surface area contributed by atoms with Crippen LogP contribution in [0.15, 0.2) is 0 Å². The molecule has 0 aromatic rings. The van der Waals surface area contributed by atoms with Crippen LogP contribution in [0.3, 0.4) is 0 Å². The van der Waals surface area contributed by atoms with E-state index in [2.05, 4.69) is 17.1 Å². The molecule has 102 valence electrons. The smallest absolute Gasteiger partial charge is 0.323 e. The molecule has 0 aromatic heterocycles. The Balaban J connectivity index is 3.97. The zero-order valence-electron chi connectivity index (χ0n) is 11.5. The minimum Gasteiger partial charge on any atom is -0.480 e. The molecule has 0 radical (unpaired) electrons. The average Bonchev–Trinajstić information content (AvgIpc) is 2.32. The lowest BCUT2D eigenvalue weighted by atomic mass is 9.96. The molecule has 0 aliphatic rings. The van der Waals surface area contributed by atoms with Crippen molar-refractivity contribution in [3.8, 4) is 0 Å². The summed E-state index contributed by atoms with van der Waals surface area (Å²) < 4.78 is 5.03. The maximum Gasteiger partial charge on any atom is 0.323 e. The van der Waals surface area contributed by atoms with E-state index in [1.165, 1.54) is 0 Å². The van der Waals surface area contributed by atoms with Crippen molar-refractivity contribution in [1.82, 2.24) is 10.2 Å². The number of carboxylic acid groups (broad SMARTS) is 1. The molecule has 5 heteroatoms. The number of ether oxygens (including phenoxy) is 1. The Labute approximate surface area is 104 Å². The lowest BCUT2D eigenvalue weighted by molar-refractivity contribution is -0.144. The zero-order chi connectivity index (χ0) is 13.3. The number of rotatable bonds is 10. The van der Waals surface area contributed by atoms with E-state index in [0.29, 0.717) is 6.42 Å². The lowest BCUT2D eigenvalue weighted by Crippen LogP contribution is -2.47. The molecule has 1 atom stereocenters. The number of nitrogens with zero attached hydrogens (tertiary/aromatic N) is 1. The highest BCUT2D eigenvalue weighted by Gasteiger charge is 2.30. The molecule has 2 N–H and O–H groups in total. The van der Waals surface area contributed by atoms with E-state index in [1.54, 1.807) is 21.1 Å². The molecular weight excluding hydrogens is 220 g/mol. The molecule has 0 aliphatic carbocycles. The van der Waals surface area contributed by atoms with Gasteiger partial charge in [0.2, 0.25) is 0 Å². The molecule has 0 spiro atoms. The first-order chi connectivity index (χ1) is 8.00. The van der Waals surface area contributed by atoms with Crippen molar-refractivity contribution < 1.29 is 14.6 Å². The van der Waals surface area contributed by atoms with Crippen LogP contribution in [0.25, 0.3) is 0 Å². The highest BCUT2D eigenvalue weighted by molar-refractivity contribution is 5.78. The molecule has 0 aromatic carbocycles. The number of likely N-dealkylation sites (N-methyl/N-ethyl adjacent to an activating group) is 2. The molecule has 0 fully saturated rings. The second-order valence-electron chi connectivity index (χ2n) is 4.42. The van der Waals surface area contributed by atoms with Crippen molar-refractivity contribution in [2.75, 3.05) is 40.4 Å². The van der Waals surface area contributed by atoms with Gasteiger partial charge in [0.25, 0.3) is 0 Å². The minimum atomic E-state index is -0.819. The Morgan fingerprint density at radius 3 is 2.53 bits per heavy atom. The molecule has 0 saturated carbocycles.